The Balaban J connectivity index is 2.96. The van der Waals surface area contributed by atoms with E-state index in [0.717, 1.165) is 12.3 Å². The van der Waals surface area contributed by atoms with Gasteiger partial charge in [0.25, 0.3) is 0 Å². The van der Waals surface area contributed by atoms with Gasteiger partial charge in [-0.05, 0) is 0 Å². The van der Waals surface area contributed by atoms with E-state index in [2.05, 4.69) is 4.42 Å². The molecule has 0 aromatic carbocycles. The van der Waals surface area contributed by atoms with Crippen molar-refractivity contribution in [3.63, 3.8) is 0 Å². The molecule has 1 heterocycles. The first-order chi connectivity index (χ1) is 5.91. The van der Waals surface area contributed by atoms with Crippen molar-refractivity contribution in [1.29, 1.82) is 0 Å². The highest BCUT2D eigenvalue weighted by Gasteiger charge is 2.37. The second kappa shape index (κ2) is 3.00. The molecule has 0 atom stereocenters. The van der Waals surface area contributed by atoms with Crippen molar-refractivity contribution < 1.29 is 27.5 Å². The number of anilines is 1. The van der Waals surface area contributed by atoms with Crippen molar-refractivity contribution in [3.05, 3.63) is 18.1 Å². The van der Waals surface area contributed by atoms with Crippen LogP contribution in [-0.2, 0) is 6.18 Å². The summed E-state index contributed by atoms with van der Waals surface area (Å²) in [4.78, 5) is 10.0. The molecule has 2 N–H and O–H groups in total. The second-order valence-electron chi connectivity index (χ2n) is 2.09. The first kappa shape index (κ1) is 9.43. The van der Waals surface area contributed by atoms with Crippen LogP contribution in [-0.4, -0.2) is 11.2 Å². The Bertz CT molecular complexity index is 317. The van der Waals surface area contributed by atoms with Gasteiger partial charge < -0.3 is 9.52 Å². The largest absolute Gasteiger partial charge is 0.465 e. The molecule has 7 heteroatoms. The summed E-state index contributed by atoms with van der Waals surface area (Å²) in [5, 5.41) is 9.72. The van der Waals surface area contributed by atoms with E-state index in [1.54, 1.807) is 5.32 Å². The van der Waals surface area contributed by atoms with E-state index in [-0.39, 0.29) is 0 Å². The lowest BCUT2D eigenvalue weighted by Crippen LogP contribution is -2.12. The number of carbonyl (C=O) groups is 1. The maximum atomic E-state index is 12.0. The maximum Gasteiger partial charge on any atom is 0.451 e. The second-order valence-corrected chi connectivity index (χ2v) is 2.09. The smallest absolute Gasteiger partial charge is 0.451 e. The van der Waals surface area contributed by atoms with Gasteiger partial charge in [0.15, 0.2) is 0 Å². The Morgan fingerprint density at radius 3 is 2.62 bits per heavy atom. The molecule has 0 unspecified atom stereocenters. The van der Waals surface area contributed by atoms with Crippen LogP contribution < -0.4 is 5.32 Å². The van der Waals surface area contributed by atoms with E-state index >= 15 is 0 Å². The van der Waals surface area contributed by atoms with Gasteiger partial charge >= 0.3 is 12.3 Å². The minimum Gasteiger partial charge on any atom is -0.465 e. The molecule has 1 rings (SSSR count). The molecule has 0 spiro atoms. The van der Waals surface area contributed by atoms with E-state index in [1.165, 1.54) is 0 Å². The third kappa shape index (κ3) is 2.14. The summed E-state index contributed by atoms with van der Waals surface area (Å²) < 4.78 is 40.1. The maximum absolute atomic E-state index is 12.0. The van der Waals surface area contributed by atoms with Crippen LogP contribution in [0.15, 0.2) is 16.7 Å². The van der Waals surface area contributed by atoms with Gasteiger partial charge in [0.05, 0.1) is 12.0 Å². The standard InChI is InChI=1S/C6H4F3NO3/c7-6(8,9)4-3(1-2-13-4)10-5(11)12/h1-2,10H,(H,11,12). The Morgan fingerprint density at radius 1 is 1.54 bits per heavy atom. The summed E-state index contributed by atoms with van der Waals surface area (Å²) in [5.74, 6) is -1.35. The molecule has 0 bridgehead atoms. The quantitative estimate of drug-likeness (QED) is 0.723. The molecular formula is C6H4F3NO3. The minimum atomic E-state index is -4.69. The number of halogens is 3. The zero-order valence-corrected chi connectivity index (χ0v) is 6.05. The fourth-order valence-electron chi connectivity index (χ4n) is 0.742. The molecule has 13 heavy (non-hydrogen) atoms. The average Bonchev–Trinajstić information content (AvgIpc) is 2.31. The molecule has 4 nitrogen and oxygen atoms in total. The van der Waals surface area contributed by atoms with Crippen molar-refractivity contribution >= 4 is 11.8 Å². The van der Waals surface area contributed by atoms with Crippen LogP contribution in [0.5, 0.6) is 0 Å². The van der Waals surface area contributed by atoms with Crippen molar-refractivity contribution in [3.8, 4) is 0 Å². The van der Waals surface area contributed by atoms with Gasteiger partial charge in [0.1, 0.15) is 0 Å². The third-order valence-electron chi connectivity index (χ3n) is 1.16. The van der Waals surface area contributed by atoms with Crippen molar-refractivity contribution in [2.45, 2.75) is 6.18 Å². The van der Waals surface area contributed by atoms with Gasteiger partial charge in [-0.15, -0.1) is 0 Å². The van der Waals surface area contributed by atoms with Crippen LogP contribution >= 0.6 is 0 Å². The van der Waals surface area contributed by atoms with E-state index in [0.29, 0.717) is 0 Å². The zero-order valence-electron chi connectivity index (χ0n) is 6.05. The summed E-state index contributed by atoms with van der Waals surface area (Å²) in [6.07, 6.45) is -5.51. The average molecular weight is 195 g/mol. The van der Waals surface area contributed by atoms with E-state index < -0.39 is 23.7 Å². The van der Waals surface area contributed by atoms with E-state index in [4.69, 9.17) is 5.11 Å². The molecule has 0 radical (unpaired) electrons. The third-order valence-corrected chi connectivity index (χ3v) is 1.16. The fourth-order valence-corrected chi connectivity index (χ4v) is 0.742. The summed E-state index contributed by atoms with van der Waals surface area (Å²) in [6.45, 7) is 0. The Labute approximate surface area is 70.0 Å². The van der Waals surface area contributed by atoms with Gasteiger partial charge in [-0.2, -0.15) is 13.2 Å². The normalized spacial score (nSPS) is 11.3. The van der Waals surface area contributed by atoms with Crippen LogP contribution in [0.25, 0.3) is 0 Å². The van der Waals surface area contributed by atoms with Gasteiger partial charge in [0.2, 0.25) is 5.76 Å². The summed E-state index contributed by atoms with van der Waals surface area (Å²) >= 11 is 0. The molecule has 0 saturated carbocycles. The molecular weight excluding hydrogens is 191 g/mol. The number of carboxylic acid groups (broad SMARTS) is 1. The number of hydrogen-bond donors (Lipinski definition) is 2. The molecule has 0 aliphatic rings. The predicted octanol–water partition coefficient (Wildman–Crippen LogP) is 2.39. The van der Waals surface area contributed by atoms with Crippen molar-refractivity contribution in [2.75, 3.05) is 5.32 Å². The zero-order chi connectivity index (χ0) is 10.1. The molecule has 0 saturated heterocycles. The van der Waals surface area contributed by atoms with Crippen LogP contribution in [0, 0.1) is 0 Å². The summed E-state index contributed by atoms with van der Waals surface area (Å²) in [5.41, 5.74) is -0.611. The number of furan rings is 1. The van der Waals surface area contributed by atoms with Crippen molar-refractivity contribution in [1.82, 2.24) is 0 Å². The molecule has 1 aromatic rings. The van der Waals surface area contributed by atoms with Crippen LogP contribution in [0.2, 0.25) is 0 Å². The number of hydrogen-bond acceptors (Lipinski definition) is 2. The van der Waals surface area contributed by atoms with Gasteiger partial charge in [-0.1, -0.05) is 0 Å². The lowest BCUT2D eigenvalue weighted by atomic mass is 10.4. The Morgan fingerprint density at radius 2 is 2.15 bits per heavy atom. The minimum absolute atomic E-state index is 0.611. The number of alkyl halides is 3. The predicted molar refractivity (Wildman–Crippen MR) is 35.4 cm³/mol. The van der Waals surface area contributed by atoms with Gasteiger partial charge in [0, 0.05) is 6.07 Å². The lowest BCUT2D eigenvalue weighted by molar-refractivity contribution is -0.152. The Kier molecular flexibility index (Phi) is 2.18. The SMILES string of the molecule is O=C(O)Nc1ccoc1C(F)(F)F. The molecule has 1 amide bonds. The van der Waals surface area contributed by atoms with Crippen LogP contribution in [0.3, 0.4) is 0 Å². The number of nitrogens with one attached hydrogen (secondary N) is 1. The number of rotatable bonds is 1. The number of amides is 1. The highest BCUT2D eigenvalue weighted by atomic mass is 19.4. The summed E-state index contributed by atoms with van der Waals surface area (Å²) in [6, 6.07) is 0.886. The van der Waals surface area contributed by atoms with E-state index in [9.17, 15) is 18.0 Å². The van der Waals surface area contributed by atoms with Gasteiger partial charge in [-0.25, -0.2) is 4.79 Å². The van der Waals surface area contributed by atoms with E-state index in [1.807, 2.05) is 0 Å². The van der Waals surface area contributed by atoms with Crippen LogP contribution in [0.1, 0.15) is 5.76 Å². The first-order valence-electron chi connectivity index (χ1n) is 3.06. The fraction of sp³-hybridized carbons (Fsp3) is 0.167. The lowest BCUT2D eigenvalue weighted by Gasteiger charge is -2.04. The molecule has 0 aliphatic heterocycles. The van der Waals surface area contributed by atoms with Crippen molar-refractivity contribution in [2.24, 2.45) is 0 Å². The molecule has 0 aliphatic carbocycles. The highest BCUT2D eigenvalue weighted by Crippen LogP contribution is 2.35. The molecule has 0 fully saturated rings. The van der Waals surface area contributed by atoms with Crippen LogP contribution in [0.4, 0.5) is 23.7 Å². The highest BCUT2D eigenvalue weighted by molar-refractivity contribution is 5.83. The molecule has 1 aromatic heterocycles. The molecule has 72 valence electrons. The Hall–Kier alpha value is -1.66. The topological polar surface area (TPSA) is 62.5 Å². The first-order valence-corrected chi connectivity index (χ1v) is 3.06. The monoisotopic (exact) mass is 195 g/mol. The summed E-state index contributed by atoms with van der Waals surface area (Å²) in [7, 11) is 0. The van der Waals surface area contributed by atoms with Gasteiger partial charge in [-0.3, -0.25) is 5.32 Å².